The summed E-state index contributed by atoms with van der Waals surface area (Å²) in [6.07, 6.45) is 2.19. The van der Waals surface area contributed by atoms with E-state index in [2.05, 4.69) is 6.58 Å². The first-order chi connectivity index (χ1) is 10.3. The Morgan fingerprint density at radius 1 is 1.10 bits per heavy atom. The van der Waals surface area contributed by atoms with Gasteiger partial charge in [-0.1, -0.05) is 24.8 Å². The minimum Gasteiger partial charge on any atom is -0.498 e. The summed E-state index contributed by atoms with van der Waals surface area (Å²) in [6.45, 7) is 4.41. The average molecular weight is 300 g/mol. The number of hydrogen-bond acceptors (Lipinski definition) is 3. The Morgan fingerprint density at radius 3 is 2.76 bits per heavy atom. The van der Waals surface area contributed by atoms with Gasteiger partial charge in [0.1, 0.15) is 19.0 Å². The van der Waals surface area contributed by atoms with Gasteiger partial charge in [-0.15, -0.1) is 0 Å². The zero-order valence-corrected chi connectivity index (χ0v) is 12.4. The molecule has 2 aromatic rings. The summed E-state index contributed by atoms with van der Waals surface area (Å²) < 4.78 is 23.2. The Balaban J connectivity index is 1.81. The van der Waals surface area contributed by atoms with E-state index in [0.29, 0.717) is 13.2 Å². The fraction of sp³-hybridized carbons (Fsp3) is 0.176. The predicted octanol–water partition coefficient (Wildman–Crippen LogP) is 3.30. The van der Waals surface area contributed by atoms with E-state index in [-0.39, 0.29) is 0 Å². The average Bonchev–Trinajstić information content (AvgIpc) is 2.52. The van der Waals surface area contributed by atoms with Crippen molar-refractivity contribution in [2.75, 3.05) is 13.2 Å². The van der Waals surface area contributed by atoms with E-state index in [0.717, 1.165) is 33.1 Å². The van der Waals surface area contributed by atoms with Gasteiger partial charge in [0.05, 0.1) is 17.1 Å². The summed E-state index contributed by atoms with van der Waals surface area (Å²) in [5.41, 5.74) is 2.18. The van der Waals surface area contributed by atoms with Crippen LogP contribution in [0.2, 0.25) is 0 Å². The van der Waals surface area contributed by atoms with E-state index in [1.165, 1.54) is 6.26 Å². The fourth-order valence-corrected chi connectivity index (χ4v) is 3.79. The van der Waals surface area contributed by atoms with Crippen LogP contribution in [0.3, 0.4) is 0 Å². The number of benzene rings is 2. The van der Waals surface area contributed by atoms with Crippen LogP contribution in [0, 0.1) is 0 Å². The third kappa shape index (κ3) is 2.85. The van der Waals surface area contributed by atoms with E-state index < -0.39 is 10.8 Å². The first-order valence-electron chi connectivity index (χ1n) is 6.77. The van der Waals surface area contributed by atoms with Crippen molar-refractivity contribution in [3.05, 3.63) is 66.4 Å². The predicted molar refractivity (Wildman–Crippen MR) is 82.0 cm³/mol. The lowest BCUT2D eigenvalue weighted by Gasteiger charge is -2.19. The smallest absolute Gasteiger partial charge is 0.122 e. The van der Waals surface area contributed by atoms with Gasteiger partial charge in [0.2, 0.25) is 0 Å². The zero-order chi connectivity index (χ0) is 14.7. The molecule has 108 valence electrons. The first-order valence-corrected chi connectivity index (χ1v) is 7.92. The van der Waals surface area contributed by atoms with E-state index >= 15 is 0 Å². The molecular formula is C17H16O3S. The van der Waals surface area contributed by atoms with E-state index in [9.17, 15) is 4.21 Å². The van der Waals surface area contributed by atoms with Gasteiger partial charge in [0.15, 0.2) is 0 Å². The molecule has 2 aromatic carbocycles. The molecule has 3 nitrogen and oxygen atoms in total. The minimum absolute atomic E-state index is 0.463. The number of hydrogen-bond donors (Lipinski definition) is 0. The Kier molecular flexibility index (Phi) is 4.06. The van der Waals surface area contributed by atoms with Gasteiger partial charge in [-0.25, -0.2) is 4.21 Å². The van der Waals surface area contributed by atoms with Crippen LogP contribution in [-0.4, -0.2) is 17.4 Å². The Morgan fingerprint density at radius 2 is 1.90 bits per heavy atom. The summed E-state index contributed by atoms with van der Waals surface area (Å²) in [5, 5.41) is 0. The van der Waals surface area contributed by atoms with Crippen molar-refractivity contribution in [3.8, 4) is 5.75 Å². The van der Waals surface area contributed by atoms with Crippen LogP contribution in [0.25, 0.3) is 0 Å². The summed E-state index contributed by atoms with van der Waals surface area (Å²) in [4.78, 5) is 1.79. The molecular weight excluding hydrogens is 284 g/mol. The molecule has 4 heteroatoms. The van der Waals surface area contributed by atoms with Crippen molar-refractivity contribution in [3.63, 3.8) is 0 Å². The largest absolute Gasteiger partial charge is 0.498 e. The Bertz CT molecular complexity index is 694. The Labute approximate surface area is 126 Å². The summed E-state index contributed by atoms with van der Waals surface area (Å²) in [6, 6.07) is 13.6. The minimum atomic E-state index is -1.10. The highest BCUT2D eigenvalue weighted by atomic mass is 32.2. The first kappa shape index (κ1) is 13.9. The van der Waals surface area contributed by atoms with E-state index in [1.54, 1.807) is 0 Å². The molecule has 0 N–H and O–H groups in total. The molecule has 0 amide bonds. The highest BCUT2D eigenvalue weighted by Crippen LogP contribution is 2.33. The monoisotopic (exact) mass is 300 g/mol. The van der Waals surface area contributed by atoms with Crippen LogP contribution < -0.4 is 4.74 Å². The van der Waals surface area contributed by atoms with E-state index in [1.807, 2.05) is 42.5 Å². The number of fused-ring (bicyclic) bond motifs is 2. The van der Waals surface area contributed by atoms with Crippen molar-refractivity contribution < 1.29 is 13.7 Å². The Hall–Kier alpha value is -2.07. The quantitative estimate of drug-likeness (QED) is 0.536. The lowest BCUT2D eigenvalue weighted by atomic mass is 10.0. The number of ether oxygens (including phenoxy) is 2. The molecule has 1 aliphatic rings. The number of rotatable bonds is 5. The second-order valence-corrected chi connectivity index (χ2v) is 6.13. The molecule has 1 heterocycles. The molecule has 0 fully saturated rings. The molecule has 1 unspecified atom stereocenters. The molecule has 0 aliphatic carbocycles. The van der Waals surface area contributed by atoms with Gasteiger partial charge in [0, 0.05) is 9.79 Å². The zero-order valence-electron chi connectivity index (χ0n) is 11.6. The van der Waals surface area contributed by atoms with Gasteiger partial charge in [-0.3, -0.25) is 0 Å². The lowest BCUT2D eigenvalue weighted by Crippen LogP contribution is -2.10. The molecule has 1 atom stereocenters. The molecule has 0 saturated carbocycles. The lowest BCUT2D eigenvalue weighted by molar-refractivity contribution is 0.179. The van der Waals surface area contributed by atoms with Gasteiger partial charge in [-0.05, 0) is 41.8 Å². The van der Waals surface area contributed by atoms with Crippen LogP contribution in [-0.2, 0) is 22.0 Å². The highest BCUT2D eigenvalue weighted by Gasteiger charge is 2.21. The van der Waals surface area contributed by atoms with Crippen molar-refractivity contribution in [1.82, 2.24) is 0 Å². The van der Waals surface area contributed by atoms with Gasteiger partial charge in [-0.2, -0.15) is 0 Å². The van der Waals surface area contributed by atoms with Crippen molar-refractivity contribution in [1.29, 1.82) is 0 Å². The van der Waals surface area contributed by atoms with Gasteiger partial charge >= 0.3 is 0 Å². The van der Waals surface area contributed by atoms with Crippen LogP contribution in [0.4, 0.5) is 0 Å². The van der Waals surface area contributed by atoms with Crippen molar-refractivity contribution in [2.45, 2.75) is 16.2 Å². The van der Waals surface area contributed by atoms with Crippen LogP contribution >= 0.6 is 0 Å². The molecule has 0 radical (unpaired) electrons. The molecule has 0 aromatic heterocycles. The van der Waals surface area contributed by atoms with Crippen LogP contribution in [0.15, 0.2) is 65.1 Å². The third-order valence-electron chi connectivity index (χ3n) is 3.37. The maximum Gasteiger partial charge on any atom is 0.122 e. The summed E-state index contributed by atoms with van der Waals surface area (Å²) in [7, 11) is -1.10. The van der Waals surface area contributed by atoms with Gasteiger partial charge < -0.3 is 9.47 Å². The summed E-state index contributed by atoms with van der Waals surface area (Å²) in [5.74, 6) is 0.776. The second-order valence-electron chi connectivity index (χ2n) is 4.71. The molecule has 0 saturated heterocycles. The topological polar surface area (TPSA) is 35.5 Å². The summed E-state index contributed by atoms with van der Waals surface area (Å²) >= 11 is 0. The third-order valence-corrected chi connectivity index (χ3v) is 4.97. The molecule has 0 bridgehead atoms. The van der Waals surface area contributed by atoms with Crippen molar-refractivity contribution >= 4 is 10.8 Å². The fourth-order valence-electron chi connectivity index (χ4n) is 2.41. The van der Waals surface area contributed by atoms with Crippen molar-refractivity contribution in [2.24, 2.45) is 0 Å². The standard InChI is InChI=1S/C17H16O3S/c1-2-19-9-10-20-15-7-8-17-14(12-15)11-13-5-3-4-6-16(13)21(17)18/h2-8,12H,1,9-11H2. The molecule has 3 rings (SSSR count). The maximum atomic E-state index is 12.6. The second kappa shape index (κ2) is 6.14. The molecule has 1 aliphatic heterocycles. The van der Waals surface area contributed by atoms with Crippen LogP contribution in [0.1, 0.15) is 11.1 Å². The van der Waals surface area contributed by atoms with Gasteiger partial charge in [0.25, 0.3) is 0 Å². The van der Waals surface area contributed by atoms with Crippen LogP contribution in [0.5, 0.6) is 5.75 Å². The molecule has 21 heavy (non-hydrogen) atoms. The van der Waals surface area contributed by atoms with E-state index in [4.69, 9.17) is 9.47 Å². The normalized spacial score (nSPS) is 15.7. The maximum absolute atomic E-state index is 12.6. The highest BCUT2D eigenvalue weighted by molar-refractivity contribution is 7.85. The SMILES string of the molecule is C=COCCOc1ccc2c(c1)Cc1ccccc1S2=O. The molecule has 0 spiro atoms.